The first-order chi connectivity index (χ1) is 11.8. The number of piperidine rings is 1. The summed E-state index contributed by atoms with van der Waals surface area (Å²) in [5.74, 6) is 1.46. The van der Waals surface area contributed by atoms with Crippen LogP contribution in [0.2, 0.25) is 0 Å². The summed E-state index contributed by atoms with van der Waals surface area (Å²) < 4.78 is 1.83. The fourth-order valence-electron chi connectivity index (χ4n) is 3.31. The van der Waals surface area contributed by atoms with E-state index < -0.39 is 0 Å². The van der Waals surface area contributed by atoms with Crippen LogP contribution in [0.1, 0.15) is 31.0 Å². The summed E-state index contributed by atoms with van der Waals surface area (Å²) in [6, 6.07) is 8.05. The summed E-state index contributed by atoms with van der Waals surface area (Å²) in [4.78, 5) is 22.6. The van der Waals surface area contributed by atoms with Crippen molar-refractivity contribution in [2.24, 2.45) is 0 Å². The molecule has 0 unspecified atom stereocenters. The molecule has 1 N–H and O–H groups in total. The van der Waals surface area contributed by atoms with Gasteiger partial charge in [0, 0.05) is 32.0 Å². The Balaban J connectivity index is 1.42. The third-order valence-corrected chi connectivity index (χ3v) is 4.62. The smallest absolute Gasteiger partial charge is 0.224 e. The van der Waals surface area contributed by atoms with Gasteiger partial charge < -0.3 is 14.5 Å². The van der Waals surface area contributed by atoms with E-state index >= 15 is 0 Å². The molecule has 1 fully saturated rings. The Bertz CT molecular complexity index is 792. The topological polar surface area (TPSA) is 79.7 Å². The van der Waals surface area contributed by atoms with Crippen molar-refractivity contribution < 1.29 is 4.79 Å². The Hall–Kier alpha value is -2.70. The number of hydrogen-bond donors (Lipinski definition) is 1. The average molecular weight is 324 g/mol. The minimum Gasteiger partial charge on any atom is -0.342 e. The van der Waals surface area contributed by atoms with Gasteiger partial charge in [-0.2, -0.15) is 0 Å². The van der Waals surface area contributed by atoms with Gasteiger partial charge >= 0.3 is 0 Å². The summed E-state index contributed by atoms with van der Waals surface area (Å²) in [7, 11) is 0. The first kappa shape index (κ1) is 14.9. The Kier molecular flexibility index (Phi) is 3.98. The lowest BCUT2D eigenvalue weighted by atomic mass is 9.97. The number of imidazole rings is 1. The molecule has 0 bridgehead atoms. The number of carbonyl (C=O) groups excluding carboxylic acids is 1. The molecule has 0 aliphatic carbocycles. The van der Waals surface area contributed by atoms with E-state index in [1.165, 1.54) is 0 Å². The highest BCUT2D eigenvalue weighted by molar-refractivity contribution is 5.76. The van der Waals surface area contributed by atoms with Crippen LogP contribution in [0.15, 0.2) is 36.9 Å². The van der Waals surface area contributed by atoms with Crippen LogP contribution < -0.4 is 0 Å². The van der Waals surface area contributed by atoms with Crippen LogP contribution in [-0.4, -0.2) is 48.6 Å². The molecule has 1 aliphatic rings. The Morgan fingerprint density at radius 2 is 2.08 bits per heavy atom. The van der Waals surface area contributed by atoms with Gasteiger partial charge in [-0.1, -0.05) is 12.1 Å². The number of fused-ring (bicyclic) bond motifs is 1. The maximum atomic E-state index is 12.5. The van der Waals surface area contributed by atoms with E-state index in [0.29, 0.717) is 13.0 Å². The van der Waals surface area contributed by atoms with E-state index in [0.717, 1.165) is 42.8 Å². The van der Waals surface area contributed by atoms with Crippen LogP contribution in [0.25, 0.3) is 11.0 Å². The zero-order valence-corrected chi connectivity index (χ0v) is 13.4. The molecule has 1 aliphatic heterocycles. The quantitative estimate of drug-likeness (QED) is 0.795. The van der Waals surface area contributed by atoms with Gasteiger partial charge in [-0.15, -0.1) is 10.2 Å². The zero-order chi connectivity index (χ0) is 16.4. The highest BCUT2D eigenvalue weighted by Crippen LogP contribution is 2.27. The largest absolute Gasteiger partial charge is 0.342 e. The lowest BCUT2D eigenvalue weighted by Gasteiger charge is -2.32. The molecule has 0 saturated carbocycles. The third-order valence-electron chi connectivity index (χ3n) is 4.62. The van der Waals surface area contributed by atoms with E-state index in [1.54, 1.807) is 12.7 Å². The van der Waals surface area contributed by atoms with E-state index in [1.807, 2.05) is 33.7 Å². The lowest BCUT2D eigenvalue weighted by Crippen LogP contribution is -2.39. The molecule has 0 spiro atoms. The van der Waals surface area contributed by atoms with Crippen LogP contribution in [0.3, 0.4) is 0 Å². The third kappa shape index (κ3) is 3.02. The molecule has 4 rings (SSSR count). The Morgan fingerprint density at radius 1 is 1.25 bits per heavy atom. The number of likely N-dealkylation sites (tertiary alicyclic amines) is 1. The molecule has 0 radical (unpaired) electrons. The second-order valence-corrected chi connectivity index (χ2v) is 6.27. The molecule has 24 heavy (non-hydrogen) atoms. The monoisotopic (exact) mass is 324 g/mol. The first-order valence-electron chi connectivity index (χ1n) is 8.34. The molecule has 1 amide bonds. The van der Waals surface area contributed by atoms with Crippen molar-refractivity contribution >= 4 is 16.9 Å². The molecule has 1 aromatic carbocycles. The van der Waals surface area contributed by atoms with Gasteiger partial charge in [0.2, 0.25) is 5.91 Å². The molecule has 3 heterocycles. The number of H-pyrrole nitrogens is 1. The van der Waals surface area contributed by atoms with Crippen molar-refractivity contribution in [1.82, 2.24) is 29.6 Å². The van der Waals surface area contributed by atoms with Crippen LogP contribution in [-0.2, 0) is 11.3 Å². The van der Waals surface area contributed by atoms with Crippen molar-refractivity contribution in [3.63, 3.8) is 0 Å². The van der Waals surface area contributed by atoms with Crippen molar-refractivity contribution in [3.05, 3.63) is 42.7 Å². The van der Waals surface area contributed by atoms with Crippen molar-refractivity contribution in [2.45, 2.75) is 31.7 Å². The summed E-state index contributed by atoms with van der Waals surface area (Å²) in [5.41, 5.74) is 2.05. The summed E-state index contributed by atoms with van der Waals surface area (Å²) in [6.45, 7) is 2.19. The number of amides is 1. The number of aromatic nitrogens is 5. The molecular formula is C17H20N6O. The summed E-state index contributed by atoms with van der Waals surface area (Å²) in [6.07, 6.45) is 5.83. The molecule has 124 valence electrons. The Labute approximate surface area is 139 Å². The van der Waals surface area contributed by atoms with E-state index in [2.05, 4.69) is 15.2 Å². The summed E-state index contributed by atoms with van der Waals surface area (Å²) >= 11 is 0. The normalized spacial score (nSPS) is 18.2. The fourth-order valence-corrected chi connectivity index (χ4v) is 3.31. The van der Waals surface area contributed by atoms with Gasteiger partial charge in [-0.05, 0) is 25.0 Å². The number of nitrogens with one attached hydrogen (secondary N) is 1. The zero-order valence-electron chi connectivity index (χ0n) is 13.4. The number of hydrogen-bond acceptors (Lipinski definition) is 4. The second-order valence-electron chi connectivity index (χ2n) is 6.27. The van der Waals surface area contributed by atoms with Gasteiger partial charge in [0.05, 0.1) is 11.0 Å². The van der Waals surface area contributed by atoms with Gasteiger partial charge in [-0.3, -0.25) is 4.79 Å². The predicted octanol–water partition coefficient (Wildman–Crippen LogP) is 1.95. The standard InChI is InChI=1S/C17H20N6O/c24-16(7-9-22-11-18-19-12-22)23-8-3-4-13(10-23)17-20-14-5-1-2-6-15(14)21-17/h1-2,5-6,11-13H,3-4,7-10H2,(H,20,21)/t13-/m1/s1. The second kappa shape index (κ2) is 6.43. The molecular weight excluding hydrogens is 304 g/mol. The van der Waals surface area contributed by atoms with Crippen LogP contribution in [0.4, 0.5) is 0 Å². The van der Waals surface area contributed by atoms with E-state index in [-0.39, 0.29) is 11.8 Å². The number of aryl methyl sites for hydroxylation is 1. The van der Waals surface area contributed by atoms with Gasteiger partial charge in [0.25, 0.3) is 0 Å². The predicted molar refractivity (Wildman–Crippen MR) is 89.3 cm³/mol. The molecule has 1 atom stereocenters. The van der Waals surface area contributed by atoms with Crippen molar-refractivity contribution in [3.8, 4) is 0 Å². The molecule has 7 nitrogen and oxygen atoms in total. The number of aromatic amines is 1. The lowest BCUT2D eigenvalue weighted by molar-refractivity contribution is -0.132. The minimum atomic E-state index is 0.185. The SMILES string of the molecule is O=C(CCn1cnnc1)N1CCC[C@@H](c2nc3ccccc3[nH]2)C1. The van der Waals surface area contributed by atoms with E-state index in [4.69, 9.17) is 4.98 Å². The van der Waals surface area contributed by atoms with Gasteiger partial charge in [0.1, 0.15) is 18.5 Å². The first-order valence-corrected chi connectivity index (χ1v) is 8.34. The van der Waals surface area contributed by atoms with Crippen molar-refractivity contribution in [2.75, 3.05) is 13.1 Å². The number of carbonyl (C=O) groups is 1. The molecule has 2 aromatic heterocycles. The Morgan fingerprint density at radius 3 is 2.92 bits per heavy atom. The minimum absolute atomic E-state index is 0.185. The van der Waals surface area contributed by atoms with Gasteiger partial charge in [-0.25, -0.2) is 4.98 Å². The highest BCUT2D eigenvalue weighted by Gasteiger charge is 2.26. The number of nitrogens with zero attached hydrogens (tertiary/aromatic N) is 5. The van der Waals surface area contributed by atoms with Crippen LogP contribution in [0.5, 0.6) is 0 Å². The molecule has 3 aromatic rings. The number of benzene rings is 1. The highest BCUT2D eigenvalue weighted by atomic mass is 16.2. The van der Waals surface area contributed by atoms with Gasteiger partial charge in [0.15, 0.2) is 0 Å². The van der Waals surface area contributed by atoms with Crippen LogP contribution >= 0.6 is 0 Å². The number of para-hydroxylation sites is 2. The summed E-state index contributed by atoms with van der Waals surface area (Å²) in [5, 5.41) is 7.52. The molecule has 1 saturated heterocycles. The van der Waals surface area contributed by atoms with Crippen molar-refractivity contribution in [1.29, 1.82) is 0 Å². The fraction of sp³-hybridized carbons (Fsp3) is 0.412. The van der Waals surface area contributed by atoms with Crippen LogP contribution in [0, 0.1) is 0 Å². The maximum Gasteiger partial charge on any atom is 0.224 e. The number of rotatable bonds is 4. The maximum absolute atomic E-state index is 12.5. The molecule has 7 heteroatoms. The average Bonchev–Trinajstić information content (AvgIpc) is 3.29. The van der Waals surface area contributed by atoms with E-state index in [9.17, 15) is 4.79 Å².